The molecule has 0 radical (unpaired) electrons. The Kier molecular flexibility index (Phi) is 1.77. The van der Waals surface area contributed by atoms with Crippen LogP contribution in [0, 0.1) is 0 Å². The molecule has 0 atom stereocenters. The van der Waals surface area contributed by atoms with Crippen LogP contribution in [0.1, 0.15) is 11.3 Å². The maximum Gasteiger partial charge on any atom is 0.230 e. The smallest absolute Gasteiger partial charge is 0.230 e. The van der Waals surface area contributed by atoms with Crippen molar-refractivity contribution in [3.8, 4) is 0 Å². The van der Waals surface area contributed by atoms with E-state index in [-0.39, 0.29) is 0 Å². The third-order valence-corrected chi connectivity index (χ3v) is 2.10. The second-order valence-electron chi connectivity index (χ2n) is 3.23. The highest BCUT2D eigenvalue weighted by atomic mass is 16.5. The van der Waals surface area contributed by atoms with Crippen molar-refractivity contribution in [2.24, 2.45) is 0 Å². The summed E-state index contributed by atoms with van der Waals surface area (Å²) in [4.78, 5) is 1.97. The van der Waals surface area contributed by atoms with Gasteiger partial charge in [-0.15, -0.1) is 0 Å². The molecule has 0 spiro atoms. The Labute approximate surface area is 71.5 Å². The van der Waals surface area contributed by atoms with E-state index in [0.717, 1.165) is 31.1 Å². The molecule has 4 heteroatoms. The number of aromatic nitrogens is 1. The van der Waals surface area contributed by atoms with Crippen molar-refractivity contribution < 1.29 is 4.52 Å². The molecular formula is C8H13N3O. The number of hydrogen-bond donors (Lipinski definition) is 1. The lowest BCUT2D eigenvalue weighted by molar-refractivity contribution is 0.414. The molecule has 1 aromatic heterocycles. The van der Waals surface area contributed by atoms with Crippen LogP contribution in [0.25, 0.3) is 0 Å². The zero-order valence-corrected chi connectivity index (χ0v) is 7.42. The van der Waals surface area contributed by atoms with Crippen LogP contribution in [-0.4, -0.2) is 25.8 Å². The lowest BCUT2D eigenvalue weighted by atomic mass is 10.1. The zero-order valence-electron chi connectivity index (χ0n) is 7.42. The highest BCUT2D eigenvalue weighted by Crippen LogP contribution is 2.24. The van der Waals surface area contributed by atoms with Crippen molar-refractivity contribution in [3.05, 3.63) is 11.3 Å². The van der Waals surface area contributed by atoms with Crippen LogP contribution in [0.3, 0.4) is 0 Å². The molecule has 0 fully saturated rings. The van der Waals surface area contributed by atoms with Gasteiger partial charge in [0.15, 0.2) is 0 Å². The quantitative estimate of drug-likeness (QED) is 0.656. The molecule has 1 aliphatic rings. The summed E-state index contributed by atoms with van der Waals surface area (Å²) in [5.74, 6) is 0.909. The van der Waals surface area contributed by atoms with Crippen molar-refractivity contribution in [2.45, 2.75) is 13.0 Å². The van der Waals surface area contributed by atoms with Gasteiger partial charge >= 0.3 is 0 Å². The molecule has 12 heavy (non-hydrogen) atoms. The Morgan fingerprint density at radius 3 is 3.08 bits per heavy atom. The molecule has 66 valence electrons. The Bertz CT molecular complexity index is 280. The fourth-order valence-corrected chi connectivity index (χ4v) is 1.49. The van der Waals surface area contributed by atoms with Crippen molar-refractivity contribution in [1.29, 1.82) is 0 Å². The van der Waals surface area contributed by atoms with Crippen LogP contribution in [-0.2, 0) is 13.0 Å². The number of fused-ring (bicyclic) bond motifs is 1. The fraction of sp³-hybridized carbons (Fsp3) is 0.625. The molecule has 4 nitrogen and oxygen atoms in total. The van der Waals surface area contributed by atoms with Crippen molar-refractivity contribution in [3.63, 3.8) is 0 Å². The van der Waals surface area contributed by atoms with E-state index in [2.05, 4.69) is 10.5 Å². The normalized spacial score (nSPS) is 15.8. The van der Waals surface area contributed by atoms with Gasteiger partial charge in [-0.2, -0.15) is 0 Å². The standard InChI is InChI=1S/C8H13N3O/c1-11(2)8-6-3-4-9-5-7(6)10-12-8/h9H,3-5H2,1-2H3. The van der Waals surface area contributed by atoms with Gasteiger partial charge in [0.25, 0.3) is 0 Å². The first-order valence-corrected chi connectivity index (χ1v) is 4.14. The molecule has 1 N–H and O–H groups in total. The van der Waals surface area contributed by atoms with Gasteiger partial charge in [0.1, 0.15) is 5.69 Å². The van der Waals surface area contributed by atoms with Gasteiger partial charge < -0.3 is 14.7 Å². The van der Waals surface area contributed by atoms with Crippen LogP contribution in [0.2, 0.25) is 0 Å². The molecular weight excluding hydrogens is 154 g/mol. The summed E-state index contributed by atoms with van der Waals surface area (Å²) in [5.41, 5.74) is 2.32. The summed E-state index contributed by atoms with van der Waals surface area (Å²) in [6, 6.07) is 0. The lowest BCUT2D eigenvalue weighted by Gasteiger charge is -2.14. The SMILES string of the molecule is CN(C)c1onc2c1CCNC2. The maximum absolute atomic E-state index is 5.21. The minimum atomic E-state index is 0.840. The van der Waals surface area contributed by atoms with E-state index < -0.39 is 0 Å². The first-order chi connectivity index (χ1) is 5.79. The van der Waals surface area contributed by atoms with Gasteiger partial charge in [0.05, 0.1) is 0 Å². The van der Waals surface area contributed by atoms with Gasteiger partial charge in [-0.3, -0.25) is 0 Å². The second-order valence-corrected chi connectivity index (χ2v) is 3.23. The Hall–Kier alpha value is -1.03. The summed E-state index contributed by atoms with van der Waals surface area (Å²) in [6.45, 7) is 1.86. The number of rotatable bonds is 1. The Morgan fingerprint density at radius 1 is 1.50 bits per heavy atom. The van der Waals surface area contributed by atoms with Crippen LogP contribution in [0.5, 0.6) is 0 Å². The Morgan fingerprint density at radius 2 is 2.33 bits per heavy atom. The number of anilines is 1. The van der Waals surface area contributed by atoms with E-state index >= 15 is 0 Å². The van der Waals surface area contributed by atoms with Crippen LogP contribution >= 0.6 is 0 Å². The topological polar surface area (TPSA) is 41.3 Å². The summed E-state index contributed by atoms with van der Waals surface area (Å²) in [5, 5.41) is 7.25. The van der Waals surface area contributed by atoms with Crippen molar-refractivity contribution in [2.75, 3.05) is 25.5 Å². The first kappa shape index (κ1) is 7.61. The highest BCUT2D eigenvalue weighted by Gasteiger charge is 2.19. The minimum Gasteiger partial charge on any atom is -0.347 e. The predicted octanol–water partition coefficient (Wildman–Crippen LogP) is 0.386. The third-order valence-electron chi connectivity index (χ3n) is 2.10. The first-order valence-electron chi connectivity index (χ1n) is 4.14. The zero-order chi connectivity index (χ0) is 8.55. The molecule has 0 bridgehead atoms. The van der Waals surface area contributed by atoms with Crippen LogP contribution in [0.4, 0.5) is 5.88 Å². The summed E-state index contributed by atoms with van der Waals surface area (Å²) >= 11 is 0. The van der Waals surface area contributed by atoms with Gasteiger partial charge in [0.2, 0.25) is 5.88 Å². The number of nitrogens with one attached hydrogen (secondary N) is 1. The van der Waals surface area contributed by atoms with Gasteiger partial charge in [-0.1, -0.05) is 5.16 Å². The summed E-state index contributed by atoms with van der Waals surface area (Å²) in [6.07, 6.45) is 1.02. The van der Waals surface area contributed by atoms with Gasteiger partial charge in [-0.25, -0.2) is 0 Å². The van der Waals surface area contributed by atoms with E-state index in [4.69, 9.17) is 4.52 Å². The number of hydrogen-bond acceptors (Lipinski definition) is 4. The number of nitrogens with zero attached hydrogens (tertiary/aromatic N) is 2. The Balaban J connectivity index is 2.38. The van der Waals surface area contributed by atoms with Crippen LogP contribution < -0.4 is 10.2 Å². The molecule has 0 saturated carbocycles. The second kappa shape index (κ2) is 2.79. The molecule has 0 amide bonds. The monoisotopic (exact) mass is 167 g/mol. The molecule has 0 aromatic carbocycles. The van der Waals surface area contributed by atoms with Gasteiger partial charge in [0, 0.05) is 26.2 Å². The molecule has 1 aliphatic heterocycles. The largest absolute Gasteiger partial charge is 0.347 e. The molecule has 0 unspecified atom stereocenters. The molecule has 0 aliphatic carbocycles. The third kappa shape index (κ3) is 1.08. The van der Waals surface area contributed by atoms with E-state index in [9.17, 15) is 0 Å². The van der Waals surface area contributed by atoms with Crippen molar-refractivity contribution >= 4 is 5.88 Å². The maximum atomic E-state index is 5.21. The average Bonchev–Trinajstić information content (AvgIpc) is 2.47. The minimum absolute atomic E-state index is 0.840. The molecule has 2 heterocycles. The van der Waals surface area contributed by atoms with E-state index in [1.54, 1.807) is 0 Å². The average molecular weight is 167 g/mol. The lowest BCUT2D eigenvalue weighted by Crippen LogP contribution is -2.24. The van der Waals surface area contributed by atoms with E-state index in [1.165, 1.54) is 5.56 Å². The predicted molar refractivity (Wildman–Crippen MR) is 46.2 cm³/mol. The van der Waals surface area contributed by atoms with Crippen LogP contribution in [0.15, 0.2) is 4.52 Å². The fourth-order valence-electron chi connectivity index (χ4n) is 1.49. The highest BCUT2D eigenvalue weighted by molar-refractivity contribution is 5.45. The molecule has 0 saturated heterocycles. The van der Waals surface area contributed by atoms with Crippen molar-refractivity contribution in [1.82, 2.24) is 10.5 Å². The van der Waals surface area contributed by atoms with E-state index in [1.807, 2.05) is 19.0 Å². The summed E-state index contributed by atoms with van der Waals surface area (Å²) < 4.78 is 5.21. The van der Waals surface area contributed by atoms with Gasteiger partial charge in [-0.05, 0) is 13.0 Å². The summed E-state index contributed by atoms with van der Waals surface area (Å²) in [7, 11) is 3.95. The molecule has 2 rings (SSSR count). The van der Waals surface area contributed by atoms with E-state index in [0.29, 0.717) is 0 Å². The molecule has 1 aromatic rings.